The van der Waals surface area contributed by atoms with Crippen LogP contribution in [0.3, 0.4) is 0 Å². The van der Waals surface area contributed by atoms with Gasteiger partial charge in [-0.25, -0.2) is 9.88 Å². The molecule has 0 unspecified atom stereocenters. The average Bonchev–Trinajstić information content (AvgIpc) is 2.63. The van der Waals surface area contributed by atoms with Crippen molar-refractivity contribution in [2.75, 3.05) is 10.6 Å². The smallest absolute Gasteiger partial charge is 0.240 e. The Labute approximate surface area is 106 Å². The van der Waals surface area contributed by atoms with Crippen LogP contribution in [0.25, 0.3) is 0 Å². The number of carbonyl (C=O) groups excluding carboxylic acids is 2. The van der Waals surface area contributed by atoms with Gasteiger partial charge in [0.15, 0.2) is 0 Å². The van der Waals surface area contributed by atoms with Gasteiger partial charge >= 0.3 is 0 Å². The van der Waals surface area contributed by atoms with Gasteiger partial charge in [-0.2, -0.15) is 0 Å². The number of hydrogen-bond acceptors (Lipinski definition) is 4. The number of amides is 2. The molecule has 5 nitrogen and oxygen atoms in total. The van der Waals surface area contributed by atoms with Crippen LogP contribution < -0.4 is 10.6 Å². The van der Waals surface area contributed by atoms with Crippen LogP contribution in [0.15, 0.2) is 18.3 Å². The Balaban J connectivity index is 2.38. The number of carbonyl (C=O) groups is 2. The molecule has 0 radical (unpaired) electrons. The summed E-state index contributed by atoms with van der Waals surface area (Å²) in [5, 5.41) is 0. The fourth-order valence-corrected chi connectivity index (χ4v) is 2.39. The van der Waals surface area contributed by atoms with E-state index in [1.807, 2.05) is 13.8 Å². The Bertz CT molecular complexity index is 478. The first-order valence-electron chi connectivity index (χ1n) is 6.13. The normalized spacial score (nSPS) is 18.4. The van der Waals surface area contributed by atoms with E-state index in [4.69, 9.17) is 5.73 Å². The van der Waals surface area contributed by atoms with Crippen LogP contribution in [-0.4, -0.2) is 16.8 Å². The molecule has 1 aromatic heterocycles. The highest BCUT2D eigenvalue weighted by Crippen LogP contribution is 2.40. The molecule has 2 N–H and O–H groups in total. The van der Waals surface area contributed by atoms with Crippen LogP contribution in [0.5, 0.6) is 0 Å². The fourth-order valence-electron chi connectivity index (χ4n) is 2.39. The molecule has 1 aliphatic heterocycles. The third kappa shape index (κ3) is 1.75. The van der Waals surface area contributed by atoms with E-state index in [2.05, 4.69) is 4.98 Å². The maximum Gasteiger partial charge on any atom is 0.240 e. The average molecular weight is 247 g/mol. The summed E-state index contributed by atoms with van der Waals surface area (Å²) in [7, 11) is 0. The molecule has 0 atom stereocenters. The number of pyridine rings is 1. The van der Waals surface area contributed by atoms with Crippen LogP contribution in [-0.2, 0) is 9.59 Å². The SMILES string of the molecule is CCC1(CC)CC(=O)N(c2ccc(N)nc2)C1=O. The maximum absolute atomic E-state index is 12.4. The first-order valence-corrected chi connectivity index (χ1v) is 6.13. The van der Waals surface area contributed by atoms with E-state index < -0.39 is 5.41 Å². The molecule has 0 aromatic carbocycles. The number of aromatic nitrogens is 1. The molecular formula is C13H17N3O2. The van der Waals surface area contributed by atoms with Gasteiger partial charge in [-0.1, -0.05) is 13.8 Å². The Hall–Kier alpha value is -1.91. The summed E-state index contributed by atoms with van der Waals surface area (Å²) >= 11 is 0. The van der Waals surface area contributed by atoms with Crippen molar-refractivity contribution in [2.45, 2.75) is 33.1 Å². The lowest BCUT2D eigenvalue weighted by molar-refractivity contribution is -0.126. The van der Waals surface area contributed by atoms with E-state index >= 15 is 0 Å². The number of hydrogen-bond donors (Lipinski definition) is 1. The van der Waals surface area contributed by atoms with Crippen LogP contribution in [0.4, 0.5) is 11.5 Å². The molecule has 96 valence electrons. The van der Waals surface area contributed by atoms with E-state index in [0.29, 0.717) is 24.3 Å². The van der Waals surface area contributed by atoms with Crippen molar-refractivity contribution in [2.24, 2.45) is 5.41 Å². The standard InChI is InChI=1S/C13H17N3O2/c1-3-13(4-2)7-11(17)16(12(13)18)9-5-6-10(14)15-8-9/h5-6,8H,3-4,7H2,1-2H3,(H2,14,15). The molecule has 2 heterocycles. The van der Waals surface area contributed by atoms with Crippen molar-refractivity contribution in [3.8, 4) is 0 Å². The Morgan fingerprint density at radius 1 is 1.33 bits per heavy atom. The minimum absolute atomic E-state index is 0.121. The number of imide groups is 1. The molecular weight excluding hydrogens is 230 g/mol. The molecule has 0 aliphatic carbocycles. The Morgan fingerprint density at radius 2 is 2.00 bits per heavy atom. The van der Waals surface area contributed by atoms with Gasteiger partial charge in [0.25, 0.3) is 0 Å². The summed E-state index contributed by atoms with van der Waals surface area (Å²) in [6.07, 6.45) is 3.09. The zero-order valence-corrected chi connectivity index (χ0v) is 10.6. The monoisotopic (exact) mass is 247 g/mol. The summed E-state index contributed by atoms with van der Waals surface area (Å²) in [5.41, 5.74) is 5.46. The number of anilines is 2. The molecule has 0 spiro atoms. The Kier molecular flexibility index (Phi) is 3.07. The number of nitrogen functional groups attached to an aromatic ring is 1. The molecule has 1 aliphatic rings. The molecule has 0 bridgehead atoms. The second-order valence-electron chi connectivity index (χ2n) is 4.64. The third-order valence-corrected chi connectivity index (χ3v) is 3.78. The molecule has 5 heteroatoms. The predicted molar refractivity (Wildman–Crippen MR) is 68.8 cm³/mol. The van der Waals surface area contributed by atoms with Crippen molar-refractivity contribution < 1.29 is 9.59 Å². The van der Waals surface area contributed by atoms with Crippen LogP contribution in [0.2, 0.25) is 0 Å². The number of nitrogens with two attached hydrogens (primary N) is 1. The van der Waals surface area contributed by atoms with Crippen molar-refractivity contribution in [1.29, 1.82) is 0 Å². The Morgan fingerprint density at radius 3 is 2.44 bits per heavy atom. The van der Waals surface area contributed by atoms with Gasteiger partial charge in [0, 0.05) is 6.42 Å². The predicted octanol–water partition coefficient (Wildman–Crippen LogP) is 1.73. The molecule has 1 fully saturated rings. The van der Waals surface area contributed by atoms with E-state index in [9.17, 15) is 9.59 Å². The molecule has 2 rings (SSSR count). The van der Waals surface area contributed by atoms with Gasteiger partial charge in [0.1, 0.15) is 5.82 Å². The minimum Gasteiger partial charge on any atom is -0.384 e. The van der Waals surface area contributed by atoms with E-state index in [1.54, 1.807) is 12.1 Å². The quantitative estimate of drug-likeness (QED) is 0.825. The van der Waals surface area contributed by atoms with Crippen LogP contribution in [0.1, 0.15) is 33.1 Å². The lowest BCUT2D eigenvalue weighted by Crippen LogP contribution is -2.35. The molecule has 2 amide bonds. The minimum atomic E-state index is -0.543. The molecule has 1 saturated heterocycles. The summed E-state index contributed by atoms with van der Waals surface area (Å²) in [6.45, 7) is 3.89. The zero-order chi connectivity index (χ0) is 13.3. The van der Waals surface area contributed by atoms with Gasteiger partial charge < -0.3 is 5.73 Å². The largest absolute Gasteiger partial charge is 0.384 e. The van der Waals surface area contributed by atoms with E-state index in [1.165, 1.54) is 11.1 Å². The second kappa shape index (κ2) is 4.40. The number of nitrogens with zero attached hydrogens (tertiary/aromatic N) is 2. The van der Waals surface area contributed by atoms with Crippen molar-refractivity contribution in [1.82, 2.24) is 4.98 Å². The topological polar surface area (TPSA) is 76.3 Å². The van der Waals surface area contributed by atoms with E-state index in [-0.39, 0.29) is 18.2 Å². The first kappa shape index (κ1) is 12.5. The van der Waals surface area contributed by atoms with Crippen LogP contribution in [0, 0.1) is 5.41 Å². The van der Waals surface area contributed by atoms with Gasteiger partial charge in [-0.15, -0.1) is 0 Å². The second-order valence-corrected chi connectivity index (χ2v) is 4.64. The summed E-state index contributed by atoms with van der Waals surface area (Å²) in [4.78, 5) is 29.6. The van der Waals surface area contributed by atoms with E-state index in [0.717, 1.165) is 0 Å². The highest BCUT2D eigenvalue weighted by molar-refractivity contribution is 6.22. The summed E-state index contributed by atoms with van der Waals surface area (Å²) in [6, 6.07) is 3.24. The lowest BCUT2D eigenvalue weighted by atomic mass is 9.81. The third-order valence-electron chi connectivity index (χ3n) is 3.78. The lowest BCUT2D eigenvalue weighted by Gasteiger charge is -2.23. The zero-order valence-electron chi connectivity index (χ0n) is 10.6. The van der Waals surface area contributed by atoms with Gasteiger partial charge in [-0.05, 0) is 25.0 Å². The molecule has 18 heavy (non-hydrogen) atoms. The molecule has 1 aromatic rings. The fraction of sp³-hybridized carbons (Fsp3) is 0.462. The van der Waals surface area contributed by atoms with Crippen molar-refractivity contribution >= 4 is 23.3 Å². The van der Waals surface area contributed by atoms with Crippen molar-refractivity contribution in [3.05, 3.63) is 18.3 Å². The van der Waals surface area contributed by atoms with Gasteiger partial charge in [0.2, 0.25) is 11.8 Å². The summed E-state index contributed by atoms with van der Waals surface area (Å²) in [5.74, 6) is 0.0921. The first-order chi connectivity index (χ1) is 8.54. The number of rotatable bonds is 3. The van der Waals surface area contributed by atoms with Crippen LogP contribution >= 0.6 is 0 Å². The van der Waals surface area contributed by atoms with Crippen molar-refractivity contribution in [3.63, 3.8) is 0 Å². The summed E-state index contributed by atoms with van der Waals surface area (Å²) < 4.78 is 0. The van der Waals surface area contributed by atoms with Gasteiger partial charge in [0.05, 0.1) is 17.3 Å². The highest BCUT2D eigenvalue weighted by atomic mass is 16.2. The molecule has 0 saturated carbocycles. The maximum atomic E-state index is 12.4. The highest BCUT2D eigenvalue weighted by Gasteiger charge is 2.49. The van der Waals surface area contributed by atoms with Gasteiger partial charge in [-0.3, -0.25) is 9.59 Å².